The number of rotatable bonds is 10. The minimum absolute atomic E-state index is 0. The van der Waals surface area contributed by atoms with Crippen molar-refractivity contribution in [2.75, 3.05) is 27.2 Å². The molecule has 1 aromatic carbocycles. The SMILES string of the molecule is CN=C(NCCN(C(C)C)C(C)C)NCc1ccc(OC)c(OC(F)F)c1.I. The highest BCUT2D eigenvalue weighted by atomic mass is 127. The summed E-state index contributed by atoms with van der Waals surface area (Å²) in [4.78, 5) is 6.58. The Labute approximate surface area is 184 Å². The molecule has 0 aromatic heterocycles. The first-order valence-electron chi connectivity index (χ1n) is 9.10. The monoisotopic (exact) mass is 514 g/mol. The van der Waals surface area contributed by atoms with Gasteiger partial charge in [0.05, 0.1) is 7.11 Å². The fraction of sp³-hybridized carbons (Fsp3) is 0.632. The maximum atomic E-state index is 12.5. The van der Waals surface area contributed by atoms with Crippen molar-refractivity contribution < 1.29 is 18.3 Å². The molecule has 0 aliphatic rings. The van der Waals surface area contributed by atoms with Crippen molar-refractivity contribution in [1.29, 1.82) is 0 Å². The van der Waals surface area contributed by atoms with Crippen LogP contribution in [0.5, 0.6) is 11.5 Å². The number of benzene rings is 1. The molecule has 0 spiro atoms. The van der Waals surface area contributed by atoms with Gasteiger partial charge in [0, 0.05) is 38.8 Å². The van der Waals surface area contributed by atoms with Crippen LogP contribution in [0.4, 0.5) is 8.78 Å². The average Bonchev–Trinajstić information content (AvgIpc) is 2.60. The third-order valence-corrected chi connectivity index (χ3v) is 4.12. The molecule has 0 radical (unpaired) electrons. The third-order valence-electron chi connectivity index (χ3n) is 4.12. The Morgan fingerprint density at radius 1 is 1.11 bits per heavy atom. The number of guanidine groups is 1. The molecule has 0 aliphatic heterocycles. The Morgan fingerprint density at radius 3 is 2.25 bits per heavy atom. The molecule has 28 heavy (non-hydrogen) atoms. The van der Waals surface area contributed by atoms with Crippen molar-refractivity contribution in [1.82, 2.24) is 15.5 Å². The van der Waals surface area contributed by atoms with Gasteiger partial charge in [-0.25, -0.2) is 0 Å². The van der Waals surface area contributed by atoms with Gasteiger partial charge >= 0.3 is 6.61 Å². The molecule has 0 saturated heterocycles. The van der Waals surface area contributed by atoms with E-state index in [-0.39, 0.29) is 35.5 Å². The van der Waals surface area contributed by atoms with Gasteiger partial charge in [-0.3, -0.25) is 9.89 Å². The number of aliphatic imine (C=N–C) groups is 1. The van der Waals surface area contributed by atoms with Crippen LogP contribution in [0.3, 0.4) is 0 Å². The van der Waals surface area contributed by atoms with E-state index in [1.54, 1.807) is 19.2 Å². The van der Waals surface area contributed by atoms with Gasteiger partial charge in [0.2, 0.25) is 0 Å². The van der Waals surface area contributed by atoms with E-state index in [0.717, 1.165) is 18.7 Å². The summed E-state index contributed by atoms with van der Waals surface area (Å²) in [6, 6.07) is 5.86. The van der Waals surface area contributed by atoms with Crippen LogP contribution in [0, 0.1) is 0 Å². The first-order valence-corrected chi connectivity index (χ1v) is 9.10. The minimum Gasteiger partial charge on any atom is -0.493 e. The largest absolute Gasteiger partial charge is 0.493 e. The number of nitrogens with one attached hydrogen (secondary N) is 2. The first-order chi connectivity index (χ1) is 12.8. The molecule has 0 aliphatic carbocycles. The Hall–Kier alpha value is -1.36. The molecule has 0 atom stereocenters. The molecular formula is C19H33F2IN4O2. The Kier molecular flexibility index (Phi) is 13.1. The summed E-state index contributed by atoms with van der Waals surface area (Å²) in [5.41, 5.74) is 0.778. The summed E-state index contributed by atoms with van der Waals surface area (Å²) < 4.78 is 34.6. The summed E-state index contributed by atoms with van der Waals surface area (Å²) in [6.07, 6.45) is 0. The zero-order valence-corrected chi connectivity index (χ0v) is 19.8. The van der Waals surface area contributed by atoms with Crippen LogP contribution in [-0.2, 0) is 6.54 Å². The molecule has 0 unspecified atom stereocenters. The molecular weight excluding hydrogens is 481 g/mol. The van der Waals surface area contributed by atoms with Gasteiger partial charge in [0.15, 0.2) is 17.5 Å². The Morgan fingerprint density at radius 2 is 1.75 bits per heavy atom. The molecule has 2 N–H and O–H groups in total. The zero-order valence-electron chi connectivity index (χ0n) is 17.5. The summed E-state index contributed by atoms with van der Waals surface area (Å²) in [7, 11) is 3.10. The number of halogens is 3. The molecule has 9 heteroatoms. The maximum absolute atomic E-state index is 12.5. The molecule has 162 valence electrons. The van der Waals surface area contributed by atoms with Gasteiger partial charge in [0.25, 0.3) is 0 Å². The number of hydrogen-bond donors (Lipinski definition) is 2. The number of ether oxygens (including phenoxy) is 2. The van der Waals surface area contributed by atoms with E-state index in [0.29, 0.717) is 24.6 Å². The molecule has 1 aromatic rings. The number of alkyl halides is 2. The summed E-state index contributed by atoms with van der Waals surface area (Å²) >= 11 is 0. The predicted molar refractivity (Wildman–Crippen MR) is 120 cm³/mol. The maximum Gasteiger partial charge on any atom is 0.387 e. The van der Waals surface area contributed by atoms with E-state index in [1.807, 2.05) is 0 Å². The molecule has 0 heterocycles. The normalized spacial score (nSPS) is 11.8. The van der Waals surface area contributed by atoms with Crippen LogP contribution in [-0.4, -0.2) is 56.8 Å². The molecule has 0 amide bonds. The van der Waals surface area contributed by atoms with Gasteiger partial charge < -0.3 is 20.1 Å². The second-order valence-corrected chi connectivity index (χ2v) is 6.64. The fourth-order valence-corrected chi connectivity index (χ4v) is 2.84. The third kappa shape index (κ3) is 9.22. The van der Waals surface area contributed by atoms with Crippen LogP contribution >= 0.6 is 24.0 Å². The molecule has 0 saturated carbocycles. The standard InChI is InChI=1S/C19H32F2N4O2.HI/c1-13(2)25(14(3)4)10-9-23-19(22-5)24-12-15-7-8-16(26-6)17(11-15)27-18(20)21;/h7-8,11,13-14,18H,9-10,12H2,1-6H3,(H2,22,23,24);1H. The summed E-state index contributed by atoms with van der Waals surface area (Å²) in [5.74, 6) is 0.929. The Bertz CT molecular complexity index is 593. The van der Waals surface area contributed by atoms with E-state index >= 15 is 0 Å². The van der Waals surface area contributed by atoms with Crippen molar-refractivity contribution in [3.63, 3.8) is 0 Å². The highest BCUT2D eigenvalue weighted by Crippen LogP contribution is 2.29. The van der Waals surface area contributed by atoms with Crippen molar-refractivity contribution in [3.8, 4) is 11.5 Å². The van der Waals surface area contributed by atoms with E-state index < -0.39 is 6.61 Å². The molecule has 6 nitrogen and oxygen atoms in total. The lowest BCUT2D eigenvalue weighted by Gasteiger charge is -2.30. The van der Waals surface area contributed by atoms with Crippen LogP contribution in [0.15, 0.2) is 23.2 Å². The van der Waals surface area contributed by atoms with Crippen LogP contribution in [0.1, 0.15) is 33.3 Å². The molecule has 0 fully saturated rings. The predicted octanol–water partition coefficient (Wildman–Crippen LogP) is 3.70. The second-order valence-electron chi connectivity index (χ2n) is 6.64. The smallest absolute Gasteiger partial charge is 0.387 e. The topological polar surface area (TPSA) is 58.1 Å². The lowest BCUT2D eigenvalue weighted by Crippen LogP contribution is -2.45. The van der Waals surface area contributed by atoms with Crippen molar-refractivity contribution in [2.24, 2.45) is 4.99 Å². The summed E-state index contributed by atoms with van der Waals surface area (Å²) in [6.45, 7) is 7.86. The highest BCUT2D eigenvalue weighted by Gasteiger charge is 2.13. The van der Waals surface area contributed by atoms with Crippen molar-refractivity contribution >= 4 is 29.9 Å². The van der Waals surface area contributed by atoms with E-state index in [4.69, 9.17) is 4.74 Å². The minimum atomic E-state index is -2.90. The van der Waals surface area contributed by atoms with Crippen molar-refractivity contribution in [3.05, 3.63) is 23.8 Å². The molecule has 0 bridgehead atoms. The summed E-state index contributed by atoms with van der Waals surface area (Å²) in [5, 5.41) is 6.44. The van der Waals surface area contributed by atoms with E-state index in [9.17, 15) is 8.78 Å². The van der Waals surface area contributed by atoms with Gasteiger partial charge in [-0.05, 0) is 45.4 Å². The zero-order chi connectivity index (χ0) is 20.4. The van der Waals surface area contributed by atoms with Gasteiger partial charge in [-0.1, -0.05) is 6.07 Å². The van der Waals surface area contributed by atoms with Gasteiger partial charge in [-0.2, -0.15) is 8.78 Å². The van der Waals surface area contributed by atoms with E-state index in [2.05, 4.69) is 53.0 Å². The van der Waals surface area contributed by atoms with Gasteiger partial charge in [-0.15, -0.1) is 24.0 Å². The first kappa shape index (κ1) is 26.6. The fourth-order valence-electron chi connectivity index (χ4n) is 2.84. The number of hydrogen-bond acceptors (Lipinski definition) is 4. The number of nitrogens with zero attached hydrogens (tertiary/aromatic N) is 2. The van der Waals surface area contributed by atoms with Crippen LogP contribution in [0.2, 0.25) is 0 Å². The average molecular weight is 514 g/mol. The van der Waals surface area contributed by atoms with E-state index in [1.165, 1.54) is 13.2 Å². The van der Waals surface area contributed by atoms with Gasteiger partial charge in [0.1, 0.15) is 0 Å². The second kappa shape index (κ2) is 13.8. The Balaban J connectivity index is 0.00000729. The van der Waals surface area contributed by atoms with Crippen LogP contribution < -0.4 is 20.1 Å². The van der Waals surface area contributed by atoms with Crippen molar-refractivity contribution in [2.45, 2.75) is 52.9 Å². The molecule has 1 rings (SSSR count). The number of methoxy groups -OCH3 is 1. The quantitative estimate of drug-likeness (QED) is 0.284. The highest BCUT2D eigenvalue weighted by molar-refractivity contribution is 14.0. The lowest BCUT2D eigenvalue weighted by atomic mass is 10.2. The van der Waals surface area contributed by atoms with Crippen LogP contribution in [0.25, 0.3) is 0 Å². The lowest BCUT2D eigenvalue weighted by molar-refractivity contribution is -0.0512.